The summed E-state index contributed by atoms with van der Waals surface area (Å²) in [6, 6.07) is 0. The molecule has 0 atom stereocenters. The van der Waals surface area contributed by atoms with Gasteiger partial charge >= 0.3 is 5.97 Å². The molecule has 0 fully saturated rings. The predicted molar refractivity (Wildman–Crippen MR) is 40.8 cm³/mol. The van der Waals surface area contributed by atoms with Gasteiger partial charge in [0, 0.05) is 6.92 Å². The maximum atomic E-state index is 10.3. The Kier molecular flexibility index (Phi) is 6.24. The molecule has 0 amide bonds. The van der Waals surface area contributed by atoms with Crippen LogP contribution in [0.5, 0.6) is 0 Å². The molecule has 0 spiro atoms. The summed E-state index contributed by atoms with van der Waals surface area (Å²) in [4.78, 5) is 10.3. The number of carbonyl (C=O) groups excluding carboxylic acids is 1. The SMILES string of the molecule is CCCCCCOC([14CH3])=O. The number of rotatable bonds is 5. The van der Waals surface area contributed by atoms with Gasteiger partial charge in [-0.15, -0.1) is 0 Å². The van der Waals surface area contributed by atoms with Crippen molar-refractivity contribution in [1.29, 1.82) is 0 Å². The van der Waals surface area contributed by atoms with Gasteiger partial charge in [-0.2, -0.15) is 0 Å². The summed E-state index contributed by atoms with van der Waals surface area (Å²) in [5.41, 5.74) is 0. The molecule has 0 unspecified atom stereocenters. The van der Waals surface area contributed by atoms with E-state index in [0.29, 0.717) is 6.61 Å². The Balaban J connectivity index is 2.84. The quantitative estimate of drug-likeness (QED) is 0.438. The molecule has 10 heavy (non-hydrogen) atoms. The van der Waals surface area contributed by atoms with E-state index < -0.39 is 0 Å². The average Bonchev–Trinajstić information content (AvgIpc) is 1.87. The van der Waals surface area contributed by atoms with Gasteiger partial charge in [0.2, 0.25) is 0 Å². The molecule has 0 N–H and O–H groups in total. The van der Waals surface area contributed by atoms with Crippen LogP contribution in [0.1, 0.15) is 39.5 Å². The van der Waals surface area contributed by atoms with Gasteiger partial charge in [0.15, 0.2) is 0 Å². The zero-order valence-corrected chi connectivity index (χ0v) is 6.85. The van der Waals surface area contributed by atoms with Gasteiger partial charge in [0.05, 0.1) is 6.61 Å². The van der Waals surface area contributed by atoms with E-state index in [1.807, 2.05) is 0 Å². The van der Waals surface area contributed by atoms with Gasteiger partial charge in [-0.05, 0) is 6.42 Å². The van der Waals surface area contributed by atoms with Crippen LogP contribution >= 0.6 is 0 Å². The Bertz CT molecular complexity index is 89.3. The lowest BCUT2D eigenvalue weighted by molar-refractivity contribution is -0.141. The second-order valence-corrected chi connectivity index (χ2v) is 2.40. The third kappa shape index (κ3) is 7.47. The van der Waals surface area contributed by atoms with Crippen LogP contribution in [-0.4, -0.2) is 12.6 Å². The van der Waals surface area contributed by atoms with E-state index in [0.717, 1.165) is 6.42 Å². The Labute approximate surface area is 62.6 Å². The summed E-state index contributed by atoms with van der Waals surface area (Å²) in [6.45, 7) is 4.20. The summed E-state index contributed by atoms with van der Waals surface area (Å²) >= 11 is 0. The van der Waals surface area contributed by atoms with E-state index in [9.17, 15) is 4.79 Å². The van der Waals surface area contributed by atoms with Gasteiger partial charge in [0.25, 0.3) is 0 Å². The predicted octanol–water partition coefficient (Wildman–Crippen LogP) is 2.13. The number of esters is 1. The fourth-order valence-electron chi connectivity index (χ4n) is 0.745. The minimum atomic E-state index is -0.170. The maximum absolute atomic E-state index is 10.3. The van der Waals surface area contributed by atoms with E-state index in [1.54, 1.807) is 0 Å². The molecule has 0 saturated carbocycles. The molecule has 0 rings (SSSR count). The first kappa shape index (κ1) is 9.47. The summed E-state index contributed by atoms with van der Waals surface area (Å²) < 4.78 is 4.75. The van der Waals surface area contributed by atoms with Crippen LogP contribution in [0.4, 0.5) is 0 Å². The number of hydrogen-bond acceptors (Lipinski definition) is 2. The van der Waals surface area contributed by atoms with Crippen LogP contribution in [0.3, 0.4) is 0 Å². The Morgan fingerprint density at radius 1 is 1.40 bits per heavy atom. The first-order chi connectivity index (χ1) is 4.77. The lowest BCUT2D eigenvalue weighted by Crippen LogP contribution is -1.99. The summed E-state index contributed by atoms with van der Waals surface area (Å²) in [7, 11) is 0. The van der Waals surface area contributed by atoms with Gasteiger partial charge in [-0.3, -0.25) is 4.79 Å². The van der Waals surface area contributed by atoms with Crippen LogP contribution in [0.2, 0.25) is 0 Å². The highest BCUT2D eigenvalue weighted by molar-refractivity contribution is 5.65. The minimum absolute atomic E-state index is 0.170. The molecule has 0 aromatic carbocycles. The normalized spacial score (nSPS) is 9.40. The maximum Gasteiger partial charge on any atom is 0.302 e. The molecule has 0 bridgehead atoms. The Hall–Kier alpha value is -0.530. The van der Waals surface area contributed by atoms with Crippen molar-refractivity contribution < 1.29 is 9.53 Å². The number of ether oxygens (including phenoxy) is 1. The second kappa shape index (κ2) is 6.59. The van der Waals surface area contributed by atoms with Crippen LogP contribution in [0, 0.1) is 0 Å². The van der Waals surface area contributed by atoms with Gasteiger partial charge in [-0.25, -0.2) is 0 Å². The molecule has 0 aromatic heterocycles. The fraction of sp³-hybridized carbons (Fsp3) is 0.875. The van der Waals surface area contributed by atoms with Crippen molar-refractivity contribution in [3.8, 4) is 0 Å². The molecule has 0 aliphatic carbocycles. The molecule has 2 heteroatoms. The van der Waals surface area contributed by atoms with Crippen molar-refractivity contribution in [2.24, 2.45) is 0 Å². The largest absolute Gasteiger partial charge is 0.466 e. The van der Waals surface area contributed by atoms with Crippen molar-refractivity contribution >= 4 is 5.97 Å². The molecule has 60 valence electrons. The molecule has 0 aliphatic rings. The highest BCUT2D eigenvalue weighted by Crippen LogP contribution is 1.98. The van der Waals surface area contributed by atoms with Crippen LogP contribution in [0.15, 0.2) is 0 Å². The highest BCUT2D eigenvalue weighted by atomic mass is 16.5. The topological polar surface area (TPSA) is 26.3 Å². The van der Waals surface area contributed by atoms with E-state index in [2.05, 4.69) is 6.92 Å². The number of hydrogen-bond donors (Lipinski definition) is 0. The van der Waals surface area contributed by atoms with Crippen LogP contribution in [0.25, 0.3) is 0 Å². The van der Waals surface area contributed by atoms with E-state index in [1.165, 1.54) is 26.2 Å². The summed E-state index contributed by atoms with van der Waals surface area (Å²) in [6.07, 6.45) is 4.64. The van der Waals surface area contributed by atoms with E-state index >= 15 is 0 Å². The number of carbonyl (C=O) groups is 1. The smallest absolute Gasteiger partial charge is 0.302 e. The molecule has 0 saturated heterocycles. The van der Waals surface area contributed by atoms with Crippen molar-refractivity contribution in [2.45, 2.75) is 39.5 Å². The first-order valence-electron chi connectivity index (χ1n) is 3.90. The zero-order valence-electron chi connectivity index (χ0n) is 6.85. The fourth-order valence-corrected chi connectivity index (χ4v) is 0.745. The standard InChI is InChI=1S/C8H16O2/c1-3-4-5-6-7-10-8(2)9/h3-7H2,1-2H3/i2+2. The van der Waals surface area contributed by atoms with Crippen molar-refractivity contribution in [3.05, 3.63) is 0 Å². The molecule has 2 nitrogen and oxygen atoms in total. The zero-order chi connectivity index (χ0) is 7.82. The van der Waals surface area contributed by atoms with Crippen LogP contribution in [-0.2, 0) is 9.53 Å². The van der Waals surface area contributed by atoms with E-state index in [-0.39, 0.29) is 5.97 Å². The van der Waals surface area contributed by atoms with Crippen molar-refractivity contribution in [3.63, 3.8) is 0 Å². The summed E-state index contributed by atoms with van der Waals surface area (Å²) in [5, 5.41) is 0. The first-order valence-corrected chi connectivity index (χ1v) is 3.90. The van der Waals surface area contributed by atoms with Crippen molar-refractivity contribution in [1.82, 2.24) is 0 Å². The molecule has 0 aromatic rings. The lowest BCUT2D eigenvalue weighted by atomic mass is 10.2. The average molecular weight is 146 g/mol. The van der Waals surface area contributed by atoms with Gasteiger partial charge < -0.3 is 4.74 Å². The monoisotopic (exact) mass is 146 g/mol. The van der Waals surface area contributed by atoms with E-state index in [4.69, 9.17) is 4.74 Å². The van der Waals surface area contributed by atoms with Crippen molar-refractivity contribution in [2.75, 3.05) is 6.61 Å². The molecule has 0 radical (unpaired) electrons. The molecular weight excluding hydrogens is 130 g/mol. The number of unbranched alkanes of at least 4 members (excludes halogenated alkanes) is 3. The second-order valence-electron chi connectivity index (χ2n) is 2.40. The third-order valence-electron chi connectivity index (χ3n) is 1.30. The Morgan fingerprint density at radius 3 is 2.60 bits per heavy atom. The third-order valence-corrected chi connectivity index (χ3v) is 1.30. The minimum Gasteiger partial charge on any atom is -0.466 e. The molecule has 0 aliphatic heterocycles. The molecular formula is C8H16O2. The highest BCUT2D eigenvalue weighted by Gasteiger charge is 1.91. The van der Waals surface area contributed by atoms with Gasteiger partial charge in [-0.1, -0.05) is 26.2 Å². The lowest BCUT2D eigenvalue weighted by Gasteiger charge is -1.99. The van der Waals surface area contributed by atoms with Crippen LogP contribution < -0.4 is 0 Å². The Morgan fingerprint density at radius 2 is 2.10 bits per heavy atom. The molecule has 0 heterocycles. The van der Waals surface area contributed by atoms with Gasteiger partial charge in [0.1, 0.15) is 0 Å². The summed E-state index contributed by atoms with van der Waals surface area (Å²) in [5.74, 6) is -0.170.